The van der Waals surface area contributed by atoms with Crippen LogP contribution >= 0.6 is 0 Å². The van der Waals surface area contributed by atoms with E-state index < -0.39 is 5.41 Å². The molecule has 31 heavy (non-hydrogen) atoms. The van der Waals surface area contributed by atoms with Crippen LogP contribution in [0.5, 0.6) is 5.75 Å². The summed E-state index contributed by atoms with van der Waals surface area (Å²) in [6, 6.07) is 16.9. The van der Waals surface area contributed by atoms with E-state index >= 15 is 0 Å². The first-order valence-electron chi connectivity index (χ1n) is 11.4. The van der Waals surface area contributed by atoms with Crippen molar-refractivity contribution in [3.05, 3.63) is 54.1 Å². The molecule has 0 bridgehead atoms. The molecule has 1 amide bonds. The van der Waals surface area contributed by atoms with E-state index in [1.165, 1.54) is 5.56 Å². The van der Waals surface area contributed by atoms with Crippen LogP contribution in [0.3, 0.4) is 0 Å². The van der Waals surface area contributed by atoms with Gasteiger partial charge in [-0.1, -0.05) is 36.4 Å². The Morgan fingerprint density at radius 3 is 2.65 bits per heavy atom. The van der Waals surface area contributed by atoms with Gasteiger partial charge in [-0.05, 0) is 74.5 Å². The molecule has 1 atom stereocenters. The second-order valence-corrected chi connectivity index (χ2v) is 9.08. The van der Waals surface area contributed by atoms with Crippen molar-refractivity contribution >= 4 is 5.91 Å². The number of benzene rings is 2. The minimum atomic E-state index is -0.402. The molecule has 1 unspecified atom stereocenters. The van der Waals surface area contributed by atoms with Gasteiger partial charge in [0.2, 0.25) is 5.91 Å². The van der Waals surface area contributed by atoms with Gasteiger partial charge in [0.15, 0.2) is 0 Å². The number of amides is 1. The van der Waals surface area contributed by atoms with Crippen molar-refractivity contribution in [2.24, 2.45) is 5.41 Å². The monoisotopic (exact) mass is 422 g/mol. The van der Waals surface area contributed by atoms with Crippen LogP contribution in [0.1, 0.15) is 31.2 Å². The van der Waals surface area contributed by atoms with E-state index in [0.717, 1.165) is 62.1 Å². The minimum Gasteiger partial charge on any atom is -0.497 e. The molecule has 166 valence electrons. The highest BCUT2D eigenvalue weighted by atomic mass is 16.5. The van der Waals surface area contributed by atoms with Gasteiger partial charge in [-0.2, -0.15) is 0 Å². The largest absolute Gasteiger partial charge is 0.497 e. The number of hydrogen-bond donors (Lipinski definition) is 1. The summed E-state index contributed by atoms with van der Waals surface area (Å²) >= 11 is 0. The number of methoxy groups -OCH3 is 1. The fourth-order valence-electron chi connectivity index (χ4n) is 4.92. The minimum absolute atomic E-state index is 0.197. The van der Waals surface area contributed by atoms with Gasteiger partial charge in [0.05, 0.1) is 12.5 Å². The first kappa shape index (κ1) is 21.8. The topological polar surface area (TPSA) is 50.8 Å². The van der Waals surface area contributed by atoms with E-state index in [9.17, 15) is 4.79 Å². The lowest BCUT2D eigenvalue weighted by Crippen LogP contribution is -2.53. The van der Waals surface area contributed by atoms with Gasteiger partial charge < -0.3 is 19.7 Å². The molecule has 0 aliphatic carbocycles. The summed E-state index contributed by atoms with van der Waals surface area (Å²) < 4.78 is 11.0. The van der Waals surface area contributed by atoms with Crippen LogP contribution in [0.2, 0.25) is 0 Å². The molecule has 2 fully saturated rings. The Morgan fingerprint density at radius 2 is 1.90 bits per heavy atom. The summed E-state index contributed by atoms with van der Waals surface area (Å²) in [6.07, 6.45) is 4.48. The van der Waals surface area contributed by atoms with Crippen molar-refractivity contribution in [3.8, 4) is 16.9 Å². The standard InChI is InChI=1S/C26H34N2O3/c1-28-13-5-9-23(19-28)27-25(29)26(11-14-31-15-12-26)18-20-6-3-7-21(16-20)22-8-4-10-24(17-22)30-2/h3-4,6-8,10,16-17,23H,5,9,11-15,18-19H2,1-2H3,(H,27,29). The third-order valence-corrected chi connectivity index (χ3v) is 6.76. The van der Waals surface area contributed by atoms with E-state index in [-0.39, 0.29) is 11.9 Å². The first-order valence-corrected chi connectivity index (χ1v) is 11.4. The zero-order valence-corrected chi connectivity index (χ0v) is 18.7. The van der Waals surface area contributed by atoms with Gasteiger partial charge in [-0.3, -0.25) is 4.79 Å². The number of carbonyl (C=O) groups excluding carboxylic acids is 1. The molecule has 5 nitrogen and oxygen atoms in total. The number of rotatable bonds is 6. The number of piperidine rings is 1. The van der Waals surface area contributed by atoms with E-state index in [4.69, 9.17) is 9.47 Å². The van der Waals surface area contributed by atoms with E-state index in [1.54, 1.807) is 7.11 Å². The van der Waals surface area contributed by atoms with Crippen molar-refractivity contribution < 1.29 is 14.3 Å². The normalized spacial score (nSPS) is 21.4. The van der Waals surface area contributed by atoms with Crippen LogP contribution in [0, 0.1) is 5.41 Å². The molecule has 1 N–H and O–H groups in total. The van der Waals surface area contributed by atoms with E-state index in [0.29, 0.717) is 13.2 Å². The molecule has 0 radical (unpaired) electrons. The van der Waals surface area contributed by atoms with Gasteiger partial charge >= 0.3 is 0 Å². The molecular weight excluding hydrogens is 388 g/mol. The number of ether oxygens (including phenoxy) is 2. The number of carbonyl (C=O) groups is 1. The molecule has 2 aromatic carbocycles. The first-order chi connectivity index (χ1) is 15.1. The van der Waals surface area contributed by atoms with E-state index in [2.05, 4.69) is 53.7 Å². The number of nitrogens with zero attached hydrogens (tertiary/aromatic N) is 1. The lowest BCUT2D eigenvalue weighted by molar-refractivity contribution is -0.137. The molecule has 2 heterocycles. The van der Waals surface area contributed by atoms with Crippen LogP contribution < -0.4 is 10.1 Å². The number of hydrogen-bond acceptors (Lipinski definition) is 4. The summed E-state index contributed by atoms with van der Waals surface area (Å²) in [4.78, 5) is 15.8. The van der Waals surface area contributed by atoms with Gasteiger partial charge in [-0.25, -0.2) is 0 Å². The van der Waals surface area contributed by atoms with Crippen LogP contribution in [0.25, 0.3) is 11.1 Å². The third-order valence-electron chi connectivity index (χ3n) is 6.76. The van der Waals surface area contributed by atoms with Crippen molar-refractivity contribution in [1.29, 1.82) is 0 Å². The molecule has 2 saturated heterocycles. The van der Waals surface area contributed by atoms with Crippen LogP contribution in [-0.4, -0.2) is 57.3 Å². The van der Waals surface area contributed by atoms with Gasteiger partial charge in [0, 0.05) is 25.8 Å². The van der Waals surface area contributed by atoms with Crippen molar-refractivity contribution in [2.45, 2.75) is 38.1 Å². The Labute approximate surface area is 185 Å². The molecule has 2 aromatic rings. The van der Waals surface area contributed by atoms with Crippen LogP contribution in [0.4, 0.5) is 0 Å². The molecule has 2 aliphatic heterocycles. The summed E-state index contributed by atoms with van der Waals surface area (Å²) in [5, 5.41) is 3.39. The van der Waals surface area contributed by atoms with Crippen molar-refractivity contribution in [1.82, 2.24) is 10.2 Å². The van der Waals surface area contributed by atoms with Crippen molar-refractivity contribution in [2.75, 3.05) is 40.5 Å². The molecule has 2 aliphatic rings. The van der Waals surface area contributed by atoms with Gasteiger partial charge in [0.25, 0.3) is 0 Å². The Balaban J connectivity index is 1.54. The molecule has 5 heteroatoms. The van der Waals surface area contributed by atoms with Gasteiger partial charge in [-0.15, -0.1) is 0 Å². The highest BCUT2D eigenvalue weighted by Gasteiger charge is 2.41. The zero-order valence-electron chi connectivity index (χ0n) is 18.7. The Hall–Kier alpha value is -2.37. The lowest BCUT2D eigenvalue weighted by Gasteiger charge is -2.39. The molecule has 0 spiro atoms. The predicted octanol–water partition coefficient (Wildman–Crippen LogP) is 3.91. The number of nitrogens with one attached hydrogen (secondary N) is 1. The third kappa shape index (κ3) is 5.28. The van der Waals surface area contributed by atoms with E-state index in [1.807, 2.05) is 12.1 Å². The number of likely N-dealkylation sites (N-methyl/N-ethyl adjacent to an activating group) is 1. The van der Waals surface area contributed by atoms with Crippen LogP contribution in [0.15, 0.2) is 48.5 Å². The predicted molar refractivity (Wildman–Crippen MR) is 123 cm³/mol. The second kappa shape index (κ2) is 9.84. The maximum atomic E-state index is 13.5. The second-order valence-electron chi connectivity index (χ2n) is 9.08. The quantitative estimate of drug-likeness (QED) is 0.767. The van der Waals surface area contributed by atoms with Crippen molar-refractivity contribution in [3.63, 3.8) is 0 Å². The summed E-state index contributed by atoms with van der Waals surface area (Å²) in [5.41, 5.74) is 3.06. The lowest BCUT2D eigenvalue weighted by atomic mass is 9.74. The maximum Gasteiger partial charge on any atom is 0.226 e. The summed E-state index contributed by atoms with van der Waals surface area (Å²) in [7, 11) is 3.82. The Morgan fingerprint density at radius 1 is 1.16 bits per heavy atom. The average molecular weight is 423 g/mol. The number of likely N-dealkylation sites (tertiary alicyclic amines) is 1. The fourth-order valence-corrected chi connectivity index (χ4v) is 4.92. The van der Waals surface area contributed by atoms with Gasteiger partial charge in [0.1, 0.15) is 5.75 Å². The fraction of sp³-hybridized carbons (Fsp3) is 0.500. The molecule has 0 aromatic heterocycles. The summed E-state index contributed by atoms with van der Waals surface area (Å²) in [5.74, 6) is 1.04. The highest BCUT2D eigenvalue weighted by molar-refractivity contribution is 5.83. The smallest absolute Gasteiger partial charge is 0.226 e. The zero-order chi connectivity index (χ0) is 21.7. The molecular formula is C26H34N2O3. The Kier molecular flexibility index (Phi) is 6.93. The highest BCUT2D eigenvalue weighted by Crippen LogP contribution is 2.36. The maximum absolute atomic E-state index is 13.5. The molecule has 0 saturated carbocycles. The SMILES string of the molecule is COc1cccc(-c2cccc(CC3(C(=O)NC4CCCN(C)C4)CCOCC3)c2)c1. The Bertz CT molecular complexity index is 892. The van der Waals surface area contributed by atoms with Crippen LogP contribution in [-0.2, 0) is 16.0 Å². The molecule has 4 rings (SSSR count). The average Bonchev–Trinajstić information content (AvgIpc) is 2.80. The summed E-state index contributed by atoms with van der Waals surface area (Å²) in [6.45, 7) is 3.34.